The number of amides is 1. The molecule has 0 aromatic heterocycles. The molecule has 18 heavy (non-hydrogen) atoms. The van der Waals surface area contributed by atoms with E-state index in [1.165, 1.54) is 57.8 Å². The van der Waals surface area contributed by atoms with Crippen molar-refractivity contribution in [2.45, 2.75) is 78.6 Å². The summed E-state index contributed by atoms with van der Waals surface area (Å²) in [4.78, 5) is 13.6. The summed E-state index contributed by atoms with van der Waals surface area (Å²) in [6.45, 7) is 8.44. The molecule has 1 aliphatic heterocycles. The Hall–Kier alpha value is -0.530. The van der Waals surface area contributed by atoms with E-state index in [9.17, 15) is 4.79 Å². The molecular formula is C16H31NO. The van der Waals surface area contributed by atoms with E-state index in [0.717, 1.165) is 13.1 Å². The van der Waals surface area contributed by atoms with Crippen molar-refractivity contribution in [1.82, 2.24) is 4.90 Å². The van der Waals surface area contributed by atoms with Crippen LogP contribution >= 0.6 is 0 Å². The summed E-state index contributed by atoms with van der Waals surface area (Å²) < 4.78 is 0. The minimum atomic E-state index is 0.254. The van der Waals surface area contributed by atoms with Crippen LogP contribution in [0.4, 0.5) is 0 Å². The van der Waals surface area contributed by atoms with E-state index in [-0.39, 0.29) is 5.91 Å². The van der Waals surface area contributed by atoms with Gasteiger partial charge in [0.1, 0.15) is 0 Å². The van der Waals surface area contributed by atoms with Crippen molar-refractivity contribution in [3.63, 3.8) is 0 Å². The van der Waals surface area contributed by atoms with Gasteiger partial charge in [-0.3, -0.25) is 4.79 Å². The Morgan fingerprint density at radius 2 is 1.28 bits per heavy atom. The van der Waals surface area contributed by atoms with Crippen molar-refractivity contribution in [1.29, 1.82) is 0 Å². The minimum Gasteiger partial charge on any atom is -0.343 e. The molecule has 0 aromatic carbocycles. The normalized spacial score (nSPS) is 23.6. The molecule has 0 spiro atoms. The van der Waals surface area contributed by atoms with E-state index < -0.39 is 0 Å². The second-order valence-corrected chi connectivity index (χ2v) is 6.65. The monoisotopic (exact) mass is 253 g/mol. The van der Waals surface area contributed by atoms with Gasteiger partial charge in [-0.1, -0.05) is 46.0 Å². The lowest BCUT2D eigenvalue weighted by molar-refractivity contribution is -0.129. The Bertz CT molecular complexity index is 247. The number of carbonyl (C=O) groups excluding carboxylic acids is 1. The van der Waals surface area contributed by atoms with Gasteiger partial charge in [-0.15, -0.1) is 0 Å². The molecule has 0 saturated carbocycles. The van der Waals surface area contributed by atoms with Gasteiger partial charge in [0, 0.05) is 20.0 Å². The highest BCUT2D eigenvalue weighted by atomic mass is 16.2. The van der Waals surface area contributed by atoms with Gasteiger partial charge in [-0.2, -0.15) is 0 Å². The van der Waals surface area contributed by atoms with Crippen molar-refractivity contribution < 1.29 is 4.79 Å². The zero-order valence-electron chi connectivity index (χ0n) is 12.6. The lowest BCUT2D eigenvalue weighted by Crippen LogP contribution is -2.30. The van der Waals surface area contributed by atoms with Gasteiger partial charge < -0.3 is 4.90 Å². The maximum Gasteiger partial charge on any atom is 0.219 e. The number of hydrogen-bond donors (Lipinski definition) is 0. The average Bonchev–Trinajstić information content (AvgIpc) is 2.30. The van der Waals surface area contributed by atoms with E-state index in [4.69, 9.17) is 0 Å². The van der Waals surface area contributed by atoms with Gasteiger partial charge in [0.2, 0.25) is 5.91 Å². The molecule has 0 aliphatic carbocycles. The van der Waals surface area contributed by atoms with Crippen LogP contribution < -0.4 is 0 Å². The van der Waals surface area contributed by atoms with Gasteiger partial charge >= 0.3 is 0 Å². The van der Waals surface area contributed by atoms with E-state index in [1.807, 2.05) is 4.90 Å². The van der Waals surface area contributed by atoms with Crippen LogP contribution in [0, 0.1) is 5.41 Å². The van der Waals surface area contributed by atoms with Crippen LogP contribution in [-0.2, 0) is 4.79 Å². The predicted octanol–water partition coefficient (Wildman–Crippen LogP) is 4.39. The summed E-state index contributed by atoms with van der Waals surface area (Å²) in [6.07, 6.45) is 11.6. The molecule has 2 heteroatoms. The van der Waals surface area contributed by atoms with E-state index in [0.29, 0.717) is 5.41 Å². The first-order chi connectivity index (χ1) is 8.51. The van der Waals surface area contributed by atoms with Crippen LogP contribution in [0.5, 0.6) is 0 Å². The molecule has 1 saturated heterocycles. The first-order valence-electron chi connectivity index (χ1n) is 7.77. The molecule has 0 radical (unpaired) electrons. The Morgan fingerprint density at radius 1 is 0.833 bits per heavy atom. The summed E-state index contributed by atoms with van der Waals surface area (Å²) in [5.41, 5.74) is 0.495. The molecule has 2 nitrogen and oxygen atoms in total. The van der Waals surface area contributed by atoms with E-state index in [2.05, 4.69) is 13.8 Å². The molecule has 0 bridgehead atoms. The third-order valence-electron chi connectivity index (χ3n) is 4.26. The highest BCUT2D eigenvalue weighted by Crippen LogP contribution is 2.30. The van der Waals surface area contributed by atoms with E-state index >= 15 is 0 Å². The first kappa shape index (κ1) is 15.5. The van der Waals surface area contributed by atoms with Crippen molar-refractivity contribution in [2.75, 3.05) is 13.1 Å². The van der Waals surface area contributed by atoms with Gasteiger partial charge in [-0.25, -0.2) is 0 Å². The molecule has 0 atom stereocenters. The number of hydrogen-bond acceptors (Lipinski definition) is 1. The second kappa shape index (κ2) is 7.81. The van der Waals surface area contributed by atoms with Crippen LogP contribution in [0.15, 0.2) is 0 Å². The number of nitrogens with zero attached hydrogens (tertiary/aromatic N) is 1. The van der Waals surface area contributed by atoms with Crippen LogP contribution in [0.3, 0.4) is 0 Å². The maximum absolute atomic E-state index is 11.5. The molecule has 1 heterocycles. The fraction of sp³-hybridized carbons (Fsp3) is 0.938. The third-order valence-corrected chi connectivity index (χ3v) is 4.26. The Balaban J connectivity index is 2.45. The number of rotatable bonds is 0. The lowest BCUT2D eigenvalue weighted by atomic mass is 9.82. The second-order valence-electron chi connectivity index (χ2n) is 6.65. The topological polar surface area (TPSA) is 20.3 Å². The zero-order chi connectivity index (χ0) is 13.4. The summed E-state index contributed by atoms with van der Waals surface area (Å²) in [6, 6.07) is 0. The Kier molecular flexibility index (Phi) is 6.73. The molecule has 106 valence electrons. The van der Waals surface area contributed by atoms with Crippen molar-refractivity contribution >= 4 is 5.91 Å². The molecule has 1 rings (SSSR count). The highest BCUT2D eigenvalue weighted by molar-refractivity contribution is 5.73. The Labute approximate surface area is 113 Å². The Morgan fingerprint density at radius 3 is 1.89 bits per heavy atom. The summed E-state index contributed by atoms with van der Waals surface area (Å²) >= 11 is 0. The molecular weight excluding hydrogens is 222 g/mol. The first-order valence-corrected chi connectivity index (χ1v) is 7.77. The largest absolute Gasteiger partial charge is 0.343 e. The fourth-order valence-corrected chi connectivity index (χ4v) is 2.89. The average molecular weight is 253 g/mol. The van der Waals surface area contributed by atoms with E-state index in [1.54, 1.807) is 6.92 Å². The smallest absolute Gasteiger partial charge is 0.219 e. The third kappa shape index (κ3) is 6.42. The van der Waals surface area contributed by atoms with Crippen LogP contribution in [0.1, 0.15) is 78.6 Å². The molecule has 0 unspecified atom stereocenters. The lowest BCUT2D eigenvalue weighted by Gasteiger charge is -2.25. The minimum absolute atomic E-state index is 0.254. The quantitative estimate of drug-likeness (QED) is 0.627. The van der Waals surface area contributed by atoms with Crippen LogP contribution in [-0.4, -0.2) is 23.9 Å². The van der Waals surface area contributed by atoms with Crippen LogP contribution in [0.2, 0.25) is 0 Å². The standard InChI is InChI=1S/C16H31NO/c1-15(18)17-13-9-6-4-5-7-11-16(2,3)12-8-10-14-17/h4-14H2,1-3H3. The molecule has 0 N–H and O–H groups in total. The molecule has 0 aromatic rings. The van der Waals surface area contributed by atoms with Gasteiger partial charge in [-0.05, 0) is 31.1 Å². The van der Waals surface area contributed by atoms with Crippen molar-refractivity contribution in [2.24, 2.45) is 5.41 Å². The van der Waals surface area contributed by atoms with Gasteiger partial charge in [0.25, 0.3) is 0 Å². The number of carbonyl (C=O) groups is 1. The fourth-order valence-electron chi connectivity index (χ4n) is 2.89. The maximum atomic E-state index is 11.5. The summed E-state index contributed by atoms with van der Waals surface area (Å²) in [5.74, 6) is 0.254. The molecule has 1 amide bonds. The van der Waals surface area contributed by atoms with Crippen molar-refractivity contribution in [3.8, 4) is 0 Å². The summed E-state index contributed by atoms with van der Waals surface area (Å²) in [5, 5.41) is 0. The van der Waals surface area contributed by atoms with Gasteiger partial charge in [0.15, 0.2) is 0 Å². The summed E-state index contributed by atoms with van der Waals surface area (Å²) in [7, 11) is 0. The predicted molar refractivity (Wildman–Crippen MR) is 77.6 cm³/mol. The van der Waals surface area contributed by atoms with Gasteiger partial charge in [0.05, 0.1) is 0 Å². The highest BCUT2D eigenvalue weighted by Gasteiger charge is 2.17. The zero-order valence-corrected chi connectivity index (χ0v) is 12.6. The van der Waals surface area contributed by atoms with Crippen molar-refractivity contribution in [3.05, 3.63) is 0 Å². The molecule has 1 fully saturated rings. The molecule has 1 aliphatic rings. The SMILES string of the molecule is CC(=O)N1CCCCCCCC(C)(C)CCCC1. The van der Waals surface area contributed by atoms with Crippen LogP contribution in [0.25, 0.3) is 0 Å².